The number of thiocarbonyl (C=S) groups is 1. The Hall–Kier alpha value is -2.96. The van der Waals surface area contributed by atoms with Gasteiger partial charge in [0.2, 0.25) is 0 Å². The van der Waals surface area contributed by atoms with E-state index in [1.807, 2.05) is 44.2 Å². The van der Waals surface area contributed by atoms with E-state index in [9.17, 15) is 4.79 Å². The number of nitrogens with one attached hydrogen (secondary N) is 2. The van der Waals surface area contributed by atoms with Gasteiger partial charge in [0.25, 0.3) is 5.91 Å². The Morgan fingerprint density at radius 2 is 1.81 bits per heavy atom. The highest BCUT2D eigenvalue weighted by Gasteiger charge is 2.11. The highest BCUT2D eigenvalue weighted by molar-refractivity contribution is 7.80. The average molecular weight is 380 g/mol. The van der Waals surface area contributed by atoms with Crippen LogP contribution in [0.15, 0.2) is 59.0 Å². The summed E-state index contributed by atoms with van der Waals surface area (Å²) in [5.74, 6) is 0.887. The summed E-state index contributed by atoms with van der Waals surface area (Å²) >= 11 is 5.28. The molecule has 5 nitrogen and oxygen atoms in total. The standard InChI is InChI=1S/C21H20N2O3S/c1-13-3-6-15(7-4-13)20(25)23-21(27)22-18-11-16(8-5-14(18)2)19-10-9-17(12-24)26-19/h3-11,24H,12H2,1-2H3,(H2,22,23,25,27). The van der Waals surface area contributed by atoms with E-state index in [0.29, 0.717) is 17.1 Å². The fraction of sp³-hybridized carbons (Fsp3) is 0.143. The summed E-state index contributed by atoms with van der Waals surface area (Å²) in [5, 5.41) is 15.1. The summed E-state index contributed by atoms with van der Waals surface area (Å²) in [6, 6.07) is 16.6. The zero-order valence-electron chi connectivity index (χ0n) is 15.1. The number of rotatable bonds is 4. The third-order valence-electron chi connectivity index (χ3n) is 4.13. The lowest BCUT2D eigenvalue weighted by atomic mass is 10.1. The molecule has 0 unspecified atom stereocenters. The Kier molecular flexibility index (Phi) is 5.69. The Bertz CT molecular complexity index is 977. The predicted molar refractivity (Wildman–Crippen MR) is 110 cm³/mol. The summed E-state index contributed by atoms with van der Waals surface area (Å²) in [7, 11) is 0. The van der Waals surface area contributed by atoms with Crippen LogP contribution in [0.5, 0.6) is 0 Å². The van der Waals surface area contributed by atoms with Gasteiger partial charge in [-0.15, -0.1) is 0 Å². The maximum absolute atomic E-state index is 12.3. The smallest absolute Gasteiger partial charge is 0.257 e. The van der Waals surface area contributed by atoms with Gasteiger partial charge in [0.15, 0.2) is 5.11 Å². The minimum atomic E-state index is -0.264. The Morgan fingerprint density at radius 1 is 1.07 bits per heavy atom. The van der Waals surface area contributed by atoms with Gasteiger partial charge >= 0.3 is 0 Å². The summed E-state index contributed by atoms with van der Waals surface area (Å²) in [5.41, 5.74) is 4.21. The number of anilines is 1. The molecule has 2 aromatic carbocycles. The molecule has 0 spiro atoms. The van der Waals surface area contributed by atoms with E-state index < -0.39 is 0 Å². The van der Waals surface area contributed by atoms with Gasteiger partial charge in [-0.25, -0.2) is 0 Å². The third-order valence-corrected chi connectivity index (χ3v) is 4.33. The number of amides is 1. The molecule has 0 saturated carbocycles. The third kappa shape index (κ3) is 4.61. The molecule has 1 aromatic heterocycles. The normalized spacial score (nSPS) is 10.5. The number of hydrogen-bond donors (Lipinski definition) is 3. The van der Waals surface area contributed by atoms with Crippen LogP contribution in [-0.2, 0) is 6.61 Å². The van der Waals surface area contributed by atoms with E-state index in [4.69, 9.17) is 21.7 Å². The number of aryl methyl sites for hydroxylation is 2. The number of aliphatic hydroxyl groups is 1. The lowest BCUT2D eigenvalue weighted by Gasteiger charge is -2.13. The first-order valence-electron chi connectivity index (χ1n) is 8.46. The first kappa shape index (κ1) is 18.8. The van der Waals surface area contributed by atoms with Crippen molar-refractivity contribution < 1.29 is 14.3 Å². The molecule has 138 valence electrons. The van der Waals surface area contributed by atoms with Crippen molar-refractivity contribution >= 4 is 28.9 Å². The maximum atomic E-state index is 12.3. The lowest BCUT2D eigenvalue weighted by Crippen LogP contribution is -2.34. The van der Waals surface area contributed by atoms with Crippen LogP contribution >= 0.6 is 12.2 Å². The zero-order valence-corrected chi connectivity index (χ0v) is 15.9. The van der Waals surface area contributed by atoms with Crippen molar-refractivity contribution in [1.82, 2.24) is 5.32 Å². The van der Waals surface area contributed by atoms with Crippen LogP contribution in [0.3, 0.4) is 0 Å². The average Bonchev–Trinajstić information content (AvgIpc) is 3.13. The topological polar surface area (TPSA) is 74.5 Å². The molecule has 0 aliphatic heterocycles. The number of benzene rings is 2. The summed E-state index contributed by atoms with van der Waals surface area (Å²) in [6.07, 6.45) is 0. The second-order valence-corrected chi connectivity index (χ2v) is 6.64. The van der Waals surface area contributed by atoms with Gasteiger partial charge in [-0.05, 0) is 62.0 Å². The summed E-state index contributed by atoms with van der Waals surface area (Å²) in [6.45, 7) is 3.76. The molecule has 3 aromatic rings. The Morgan fingerprint density at radius 3 is 2.48 bits per heavy atom. The van der Waals surface area contributed by atoms with Crippen molar-refractivity contribution in [2.45, 2.75) is 20.5 Å². The largest absolute Gasteiger partial charge is 0.459 e. The Balaban J connectivity index is 1.72. The minimum absolute atomic E-state index is 0.147. The summed E-state index contributed by atoms with van der Waals surface area (Å²) < 4.78 is 5.57. The molecular weight excluding hydrogens is 360 g/mol. The second kappa shape index (κ2) is 8.16. The molecule has 27 heavy (non-hydrogen) atoms. The highest BCUT2D eigenvalue weighted by Crippen LogP contribution is 2.27. The SMILES string of the molecule is Cc1ccc(C(=O)NC(=S)Nc2cc(-c3ccc(CO)o3)ccc2C)cc1. The molecule has 1 amide bonds. The molecule has 0 saturated heterocycles. The van der Waals surface area contributed by atoms with Crippen molar-refractivity contribution in [2.75, 3.05) is 5.32 Å². The van der Waals surface area contributed by atoms with Crippen LogP contribution in [0.25, 0.3) is 11.3 Å². The first-order chi connectivity index (χ1) is 13.0. The molecular formula is C21H20N2O3S. The van der Waals surface area contributed by atoms with Crippen LogP contribution in [0.4, 0.5) is 5.69 Å². The van der Waals surface area contributed by atoms with Gasteiger partial charge in [0.05, 0.1) is 0 Å². The molecule has 3 N–H and O–H groups in total. The van der Waals surface area contributed by atoms with Crippen LogP contribution in [-0.4, -0.2) is 16.1 Å². The first-order valence-corrected chi connectivity index (χ1v) is 8.86. The Labute approximate surface area is 163 Å². The van der Waals surface area contributed by atoms with Gasteiger partial charge in [-0.2, -0.15) is 0 Å². The van der Waals surface area contributed by atoms with Crippen molar-refractivity contribution in [3.63, 3.8) is 0 Å². The number of carbonyl (C=O) groups is 1. The number of furan rings is 1. The van der Waals surface area contributed by atoms with E-state index in [-0.39, 0.29) is 17.6 Å². The van der Waals surface area contributed by atoms with E-state index in [1.165, 1.54) is 0 Å². The summed E-state index contributed by atoms with van der Waals surface area (Å²) in [4.78, 5) is 12.3. The van der Waals surface area contributed by atoms with Crippen LogP contribution in [0, 0.1) is 13.8 Å². The van der Waals surface area contributed by atoms with Gasteiger partial charge < -0.3 is 14.8 Å². The van der Waals surface area contributed by atoms with E-state index in [2.05, 4.69) is 10.6 Å². The monoisotopic (exact) mass is 380 g/mol. The highest BCUT2D eigenvalue weighted by atomic mass is 32.1. The van der Waals surface area contributed by atoms with Crippen LogP contribution in [0.2, 0.25) is 0 Å². The minimum Gasteiger partial charge on any atom is -0.459 e. The number of aliphatic hydroxyl groups excluding tert-OH is 1. The van der Waals surface area contributed by atoms with Gasteiger partial charge in [-0.3, -0.25) is 10.1 Å². The molecule has 0 aliphatic rings. The van der Waals surface area contributed by atoms with E-state index >= 15 is 0 Å². The zero-order chi connectivity index (χ0) is 19.4. The molecule has 1 heterocycles. The van der Waals surface area contributed by atoms with E-state index in [1.54, 1.807) is 24.3 Å². The molecule has 0 aliphatic carbocycles. The molecule has 0 fully saturated rings. The number of hydrogen-bond acceptors (Lipinski definition) is 4. The number of carbonyl (C=O) groups excluding carboxylic acids is 1. The molecule has 0 radical (unpaired) electrons. The quantitative estimate of drug-likeness (QED) is 0.592. The van der Waals surface area contributed by atoms with Crippen LogP contribution < -0.4 is 10.6 Å². The van der Waals surface area contributed by atoms with Crippen molar-refractivity contribution in [2.24, 2.45) is 0 Å². The maximum Gasteiger partial charge on any atom is 0.257 e. The van der Waals surface area contributed by atoms with Crippen LogP contribution in [0.1, 0.15) is 27.2 Å². The van der Waals surface area contributed by atoms with Gasteiger partial charge in [0, 0.05) is 16.8 Å². The van der Waals surface area contributed by atoms with Gasteiger partial charge in [0.1, 0.15) is 18.1 Å². The second-order valence-electron chi connectivity index (χ2n) is 6.23. The molecule has 0 atom stereocenters. The molecule has 6 heteroatoms. The van der Waals surface area contributed by atoms with Crippen molar-refractivity contribution in [1.29, 1.82) is 0 Å². The van der Waals surface area contributed by atoms with Gasteiger partial charge in [-0.1, -0.05) is 29.8 Å². The lowest BCUT2D eigenvalue weighted by molar-refractivity contribution is 0.0977. The molecule has 0 bridgehead atoms. The van der Waals surface area contributed by atoms with Crippen molar-refractivity contribution in [3.8, 4) is 11.3 Å². The van der Waals surface area contributed by atoms with Crippen molar-refractivity contribution in [3.05, 3.63) is 77.0 Å². The van der Waals surface area contributed by atoms with E-state index in [0.717, 1.165) is 22.4 Å². The predicted octanol–water partition coefficient (Wildman–Crippen LogP) is 4.18. The molecule has 3 rings (SSSR count). The fourth-order valence-electron chi connectivity index (χ4n) is 2.56. The fourth-order valence-corrected chi connectivity index (χ4v) is 2.76.